The Hall–Kier alpha value is -2.28. The van der Waals surface area contributed by atoms with E-state index in [9.17, 15) is 9.59 Å². The van der Waals surface area contributed by atoms with Crippen LogP contribution in [0.4, 0.5) is 0 Å². The number of aromatic nitrogens is 1. The van der Waals surface area contributed by atoms with Crippen molar-refractivity contribution in [2.75, 3.05) is 0 Å². The van der Waals surface area contributed by atoms with Crippen molar-refractivity contribution in [3.05, 3.63) is 29.6 Å². The summed E-state index contributed by atoms with van der Waals surface area (Å²) in [7, 11) is 0. The first-order valence-corrected chi connectivity index (χ1v) is 6.27. The lowest BCUT2D eigenvalue weighted by atomic mass is 9.89. The average Bonchev–Trinajstić information content (AvgIpc) is 2.75. The van der Waals surface area contributed by atoms with Crippen LogP contribution < -0.4 is 16.6 Å². The fourth-order valence-corrected chi connectivity index (χ4v) is 1.90. The lowest BCUT2D eigenvalue weighted by molar-refractivity contribution is -0.124. The summed E-state index contributed by atoms with van der Waals surface area (Å²) in [6, 6.07) is 3.19. The molecule has 0 saturated carbocycles. The first-order valence-electron chi connectivity index (χ1n) is 6.27. The van der Waals surface area contributed by atoms with E-state index in [1.807, 2.05) is 13.8 Å². The van der Waals surface area contributed by atoms with E-state index in [4.69, 9.17) is 5.84 Å². The predicted molar refractivity (Wildman–Crippen MR) is 73.8 cm³/mol. The van der Waals surface area contributed by atoms with Gasteiger partial charge in [0.1, 0.15) is 11.2 Å². The van der Waals surface area contributed by atoms with E-state index in [1.165, 1.54) is 6.20 Å². The molecule has 0 spiro atoms. The van der Waals surface area contributed by atoms with Crippen LogP contribution in [0.1, 0.15) is 36.8 Å². The van der Waals surface area contributed by atoms with Crippen LogP contribution >= 0.6 is 0 Å². The minimum Gasteiger partial charge on any atom is -0.307 e. The molecule has 7 heteroatoms. The van der Waals surface area contributed by atoms with Gasteiger partial charge in [0.05, 0.1) is 5.56 Å². The summed E-state index contributed by atoms with van der Waals surface area (Å²) in [5.74, 6) is 4.78. The van der Waals surface area contributed by atoms with Gasteiger partial charge in [-0.15, -0.1) is 0 Å². The van der Waals surface area contributed by atoms with Crippen molar-refractivity contribution in [2.24, 2.45) is 16.8 Å². The monoisotopic (exact) mass is 275 g/mol. The summed E-state index contributed by atoms with van der Waals surface area (Å²) < 4.78 is 0. The Bertz CT molecular complexity index is 596. The fourth-order valence-electron chi connectivity index (χ4n) is 1.90. The van der Waals surface area contributed by atoms with Crippen molar-refractivity contribution >= 4 is 17.6 Å². The second-order valence-electron chi connectivity index (χ2n) is 5.09. The largest absolute Gasteiger partial charge is 0.307 e. The van der Waals surface area contributed by atoms with Crippen molar-refractivity contribution in [2.45, 2.75) is 26.3 Å². The molecule has 1 aliphatic heterocycles. The summed E-state index contributed by atoms with van der Waals surface area (Å²) in [6.45, 7) is 5.58. The van der Waals surface area contributed by atoms with Gasteiger partial charge in [-0.05, 0) is 25.0 Å². The Kier molecular flexibility index (Phi) is 3.54. The highest BCUT2D eigenvalue weighted by molar-refractivity contribution is 6.17. The van der Waals surface area contributed by atoms with Crippen LogP contribution in [0, 0.1) is 5.92 Å². The molecule has 106 valence electrons. The van der Waals surface area contributed by atoms with E-state index in [2.05, 4.69) is 20.7 Å². The van der Waals surface area contributed by atoms with Gasteiger partial charge in [-0.25, -0.2) is 10.8 Å². The summed E-state index contributed by atoms with van der Waals surface area (Å²) in [5, 5.41) is 2.69. The molecule has 1 aliphatic rings. The molecular weight excluding hydrogens is 258 g/mol. The first-order chi connectivity index (χ1) is 9.40. The topological polar surface area (TPSA) is 109 Å². The average molecular weight is 275 g/mol. The number of nitrogens with zero attached hydrogens (tertiary/aromatic N) is 2. The van der Waals surface area contributed by atoms with Crippen LogP contribution in [-0.4, -0.2) is 28.2 Å². The summed E-state index contributed by atoms with van der Waals surface area (Å²) in [5.41, 5.74) is 1.77. The fraction of sp³-hybridized carbons (Fsp3) is 0.385. The molecule has 20 heavy (non-hydrogen) atoms. The molecule has 7 nitrogen and oxygen atoms in total. The minimum absolute atomic E-state index is 0.0236. The van der Waals surface area contributed by atoms with Crippen LogP contribution in [0.15, 0.2) is 23.3 Å². The van der Waals surface area contributed by atoms with Gasteiger partial charge in [0.2, 0.25) is 0 Å². The highest BCUT2D eigenvalue weighted by atomic mass is 16.2. The Morgan fingerprint density at radius 1 is 1.50 bits per heavy atom. The third kappa shape index (κ3) is 2.16. The number of pyridine rings is 1. The normalized spacial score (nSPS) is 21.6. The summed E-state index contributed by atoms with van der Waals surface area (Å²) in [4.78, 5) is 32.4. The van der Waals surface area contributed by atoms with Crippen molar-refractivity contribution in [1.29, 1.82) is 0 Å². The molecule has 1 aromatic heterocycles. The molecule has 0 aliphatic carbocycles. The molecule has 1 unspecified atom stereocenters. The molecule has 0 radical (unpaired) electrons. The number of nitrogens with one attached hydrogen (secondary N) is 2. The number of carbonyl (C=O) groups is 2. The number of nitrogens with two attached hydrogens (primary N) is 1. The Balaban J connectivity index is 2.49. The van der Waals surface area contributed by atoms with Gasteiger partial charge in [-0.3, -0.25) is 20.0 Å². The number of nitrogen functional groups attached to an aromatic ring is 1. The maximum atomic E-state index is 12.1. The molecule has 1 aromatic rings. The second-order valence-corrected chi connectivity index (χ2v) is 5.09. The van der Waals surface area contributed by atoms with E-state index in [0.29, 0.717) is 11.5 Å². The lowest BCUT2D eigenvalue weighted by Gasteiger charge is -2.21. The number of hydrazine groups is 1. The van der Waals surface area contributed by atoms with Crippen molar-refractivity contribution in [3.63, 3.8) is 0 Å². The van der Waals surface area contributed by atoms with E-state index in [-0.39, 0.29) is 17.4 Å². The number of hydrogen-bond donors (Lipinski definition) is 3. The highest BCUT2D eigenvalue weighted by Gasteiger charge is 2.42. The maximum absolute atomic E-state index is 12.1. The zero-order valence-corrected chi connectivity index (χ0v) is 11.6. The van der Waals surface area contributed by atoms with Gasteiger partial charge in [0, 0.05) is 6.20 Å². The zero-order valence-electron chi connectivity index (χ0n) is 11.6. The zero-order chi connectivity index (χ0) is 14.9. The smallest absolute Gasteiger partial charge is 0.267 e. The number of amidine groups is 1. The van der Waals surface area contributed by atoms with Crippen LogP contribution in [0.3, 0.4) is 0 Å². The summed E-state index contributed by atoms with van der Waals surface area (Å²) in [6.07, 6.45) is 1.53. The Morgan fingerprint density at radius 2 is 2.20 bits per heavy atom. The molecular formula is C13H17N5O2. The Morgan fingerprint density at radius 3 is 2.75 bits per heavy atom. The SMILES string of the molecule is CC(C)C1(C)N=C(c2ncccc2C(=O)NN)NC1=O. The molecule has 0 aromatic carbocycles. The maximum Gasteiger partial charge on any atom is 0.267 e. The van der Waals surface area contributed by atoms with E-state index in [0.717, 1.165) is 0 Å². The molecule has 2 amide bonds. The van der Waals surface area contributed by atoms with E-state index >= 15 is 0 Å². The number of aliphatic imine (C=N–C) groups is 1. The number of rotatable bonds is 3. The van der Waals surface area contributed by atoms with Crippen molar-refractivity contribution in [3.8, 4) is 0 Å². The molecule has 0 saturated heterocycles. The van der Waals surface area contributed by atoms with E-state index < -0.39 is 11.4 Å². The lowest BCUT2D eigenvalue weighted by Crippen LogP contribution is -2.41. The highest BCUT2D eigenvalue weighted by Crippen LogP contribution is 2.27. The third-order valence-electron chi connectivity index (χ3n) is 3.57. The second kappa shape index (κ2) is 5.01. The van der Waals surface area contributed by atoms with Crippen LogP contribution in [-0.2, 0) is 4.79 Å². The molecule has 0 fully saturated rings. The quantitative estimate of drug-likeness (QED) is 0.409. The Labute approximate surface area is 116 Å². The minimum atomic E-state index is -0.858. The summed E-state index contributed by atoms with van der Waals surface area (Å²) >= 11 is 0. The first kappa shape index (κ1) is 14.1. The number of carbonyl (C=O) groups excluding carboxylic acids is 2. The van der Waals surface area contributed by atoms with Gasteiger partial charge in [0.25, 0.3) is 11.8 Å². The molecule has 2 rings (SSSR count). The molecule has 2 heterocycles. The molecule has 1 atom stereocenters. The number of amides is 2. The van der Waals surface area contributed by atoms with Crippen LogP contribution in [0.5, 0.6) is 0 Å². The van der Waals surface area contributed by atoms with Gasteiger partial charge < -0.3 is 5.32 Å². The van der Waals surface area contributed by atoms with Gasteiger partial charge in [0.15, 0.2) is 5.84 Å². The van der Waals surface area contributed by atoms with Gasteiger partial charge >= 0.3 is 0 Å². The van der Waals surface area contributed by atoms with Crippen molar-refractivity contribution < 1.29 is 9.59 Å². The van der Waals surface area contributed by atoms with Gasteiger partial charge in [-0.2, -0.15) is 0 Å². The van der Waals surface area contributed by atoms with Gasteiger partial charge in [-0.1, -0.05) is 13.8 Å². The van der Waals surface area contributed by atoms with E-state index in [1.54, 1.807) is 19.1 Å². The van der Waals surface area contributed by atoms with Crippen LogP contribution in [0.25, 0.3) is 0 Å². The van der Waals surface area contributed by atoms with Crippen LogP contribution in [0.2, 0.25) is 0 Å². The molecule has 0 bridgehead atoms. The standard InChI is InChI=1S/C13H17N5O2/c1-7(2)13(3)12(20)16-10(17-13)9-8(11(19)18-14)5-4-6-15-9/h4-7H,14H2,1-3H3,(H,18,19)(H,16,17,20). The molecule has 4 N–H and O–H groups in total. The van der Waals surface area contributed by atoms with Crippen molar-refractivity contribution in [1.82, 2.24) is 15.7 Å². The predicted octanol–water partition coefficient (Wildman–Crippen LogP) is -0.0238. The number of hydrogen-bond acceptors (Lipinski definition) is 5. The third-order valence-corrected chi connectivity index (χ3v) is 3.57.